The summed E-state index contributed by atoms with van der Waals surface area (Å²) in [5, 5.41) is 0. The highest BCUT2D eigenvalue weighted by Crippen LogP contribution is 2.16. The third-order valence-electron chi connectivity index (χ3n) is 4.02. The van der Waals surface area contributed by atoms with Crippen LogP contribution in [0.2, 0.25) is 0 Å². The molecular formula is C18H20N4O4. The maximum Gasteiger partial charge on any atom is 0.337 e. The monoisotopic (exact) mass is 356 g/mol. The molecule has 136 valence electrons. The van der Waals surface area contributed by atoms with Gasteiger partial charge in [0.2, 0.25) is 5.95 Å². The fourth-order valence-electron chi connectivity index (χ4n) is 2.63. The molecule has 0 atom stereocenters. The SMILES string of the molecule is COC(=O)c1ccc(CN(C(=O)N2CCOCC2)c2ncccn2)cc1. The van der Waals surface area contributed by atoms with E-state index in [0.717, 1.165) is 5.56 Å². The Kier molecular flexibility index (Phi) is 5.75. The van der Waals surface area contributed by atoms with Crippen molar-refractivity contribution < 1.29 is 19.1 Å². The Bertz CT molecular complexity index is 746. The zero-order valence-electron chi connectivity index (χ0n) is 14.5. The number of urea groups is 1. The number of hydrogen-bond donors (Lipinski definition) is 0. The molecule has 1 fully saturated rings. The first-order valence-electron chi connectivity index (χ1n) is 8.27. The molecule has 8 heteroatoms. The van der Waals surface area contributed by atoms with Crippen molar-refractivity contribution in [1.82, 2.24) is 14.9 Å². The van der Waals surface area contributed by atoms with E-state index in [1.54, 1.807) is 47.6 Å². The predicted molar refractivity (Wildman–Crippen MR) is 93.8 cm³/mol. The number of rotatable bonds is 4. The first kappa shape index (κ1) is 17.8. The van der Waals surface area contributed by atoms with Gasteiger partial charge in [-0.15, -0.1) is 0 Å². The Balaban J connectivity index is 1.81. The van der Waals surface area contributed by atoms with Crippen LogP contribution in [0, 0.1) is 0 Å². The first-order chi connectivity index (χ1) is 12.7. The topological polar surface area (TPSA) is 84.9 Å². The molecule has 2 amide bonds. The first-order valence-corrected chi connectivity index (χ1v) is 8.27. The van der Waals surface area contributed by atoms with Crippen LogP contribution in [0.4, 0.5) is 10.7 Å². The van der Waals surface area contributed by atoms with Crippen LogP contribution in [0.5, 0.6) is 0 Å². The maximum atomic E-state index is 13.0. The van der Waals surface area contributed by atoms with Gasteiger partial charge in [0, 0.05) is 25.5 Å². The van der Waals surface area contributed by atoms with E-state index in [0.29, 0.717) is 44.4 Å². The fraction of sp³-hybridized carbons (Fsp3) is 0.333. The minimum Gasteiger partial charge on any atom is -0.465 e. The van der Waals surface area contributed by atoms with Crippen molar-refractivity contribution >= 4 is 17.9 Å². The summed E-state index contributed by atoms with van der Waals surface area (Å²) in [5.74, 6) is -0.0646. The lowest BCUT2D eigenvalue weighted by Gasteiger charge is -2.32. The number of esters is 1. The number of morpholine rings is 1. The predicted octanol–water partition coefficient (Wildman–Crippen LogP) is 1.72. The molecule has 0 aliphatic carbocycles. The summed E-state index contributed by atoms with van der Waals surface area (Å²) in [6.07, 6.45) is 3.20. The zero-order valence-corrected chi connectivity index (χ0v) is 14.5. The van der Waals surface area contributed by atoms with Gasteiger partial charge in [-0.3, -0.25) is 4.90 Å². The molecule has 0 saturated carbocycles. The normalized spacial score (nSPS) is 14.0. The molecule has 0 radical (unpaired) electrons. The lowest BCUT2D eigenvalue weighted by Crippen LogP contribution is -2.48. The van der Waals surface area contributed by atoms with Crippen molar-refractivity contribution in [2.24, 2.45) is 0 Å². The molecule has 1 aliphatic heterocycles. The van der Waals surface area contributed by atoms with E-state index in [2.05, 4.69) is 9.97 Å². The zero-order chi connectivity index (χ0) is 18.4. The van der Waals surface area contributed by atoms with Crippen LogP contribution in [-0.2, 0) is 16.0 Å². The van der Waals surface area contributed by atoms with Gasteiger partial charge in [-0.2, -0.15) is 0 Å². The molecule has 1 saturated heterocycles. The molecule has 2 heterocycles. The molecular weight excluding hydrogens is 336 g/mol. The van der Waals surface area contributed by atoms with Crippen molar-refractivity contribution in [2.75, 3.05) is 38.3 Å². The van der Waals surface area contributed by atoms with Crippen molar-refractivity contribution in [3.05, 3.63) is 53.9 Å². The van der Waals surface area contributed by atoms with E-state index in [1.165, 1.54) is 12.0 Å². The summed E-state index contributed by atoms with van der Waals surface area (Å²) in [6.45, 7) is 2.39. The second kappa shape index (κ2) is 8.39. The highest BCUT2D eigenvalue weighted by atomic mass is 16.5. The molecule has 0 bridgehead atoms. The number of ether oxygens (including phenoxy) is 2. The Morgan fingerprint density at radius 1 is 1.15 bits per heavy atom. The lowest BCUT2D eigenvalue weighted by atomic mass is 10.1. The van der Waals surface area contributed by atoms with Crippen LogP contribution < -0.4 is 4.90 Å². The van der Waals surface area contributed by atoms with E-state index in [9.17, 15) is 9.59 Å². The van der Waals surface area contributed by atoms with Gasteiger partial charge in [-0.1, -0.05) is 12.1 Å². The van der Waals surface area contributed by atoms with E-state index in [1.807, 2.05) is 0 Å². The van der Waals surface area contributed by atoms with Gasteiger partial charge >= 0.3 is 12.0 Å². The van der Waals surface area contributed by atoms with Crippen molar-refractivity contribution in [2.45, 2.75) is 6.54 Å². The number of carbonyl (C=O) groups excluding carboxylic acids is 2. The summed E-state index contributed by atoms with van der Waals surface area (Å²) in [5.41, 5.74) is 1.31. The van der Waals surface area contributed by atoms with Crippen molar-refractivity contribution in [1.29, 1.82) is 0 Å². The van der Waals surface area contributed by atoms with Crippen LogP contribution in [-0.4, -0.2) is 60.3 Å². The molecule has 26 heavy (non-hydrogen) atoms. The van der Waals surface area contributed by atoms with Gasteiger partial charge in [0.1, 0.15) is 0 Å². The molecule has 3 rings (SSSR count). The number of aromatic nitrogens is 2. The van der Waals surface area contributed by atoms with Crippen LogP contribution in [0.25, 0.3) is 0 Å². The van der Waals surface area contributed by atoms with Gasteiger partial charge in [0.05, 0.1) is 32.4 Å². The molecule has 8 nitrogen and oxygen atoms in total. The average Bonchev–Trinajstić information content (AvgIpc) is 2.72. The largest absolute Gasteiger partial charge is 0.465 e. The van der Waals surface area contributed by atoms with E-state index >= 15 is 0 Å². The maximum absolute atomic E-state index is 13.0. The van der Waals surface area contributed by atoms with Crippen LogP contribution in [0.15, 0.2) is 42.7 Å². The van der Waals surface area contributed by atoms with Gasteiger partial charge in [0.15, 0.2) is 0 Å². The highest BCUT2D eigenvalue weighted by molar-refractivity contribution is 5.90. The van der Waals surface area contributed by atoms with E-state index in [-0.39, 0.29) is 6.03 Å². The number of methoxy groups -OCH3 is 1. The van der Waals surface area contributed by atoms with Gasteiger partial charge in [0.25, 0.3) is 0 Å². The average molecular weight is 356 g/mol. The smallest absolute Gasteiger partial charge is 0.337 e. The molecule has 1 aliphatic rings. The number of hydrogen-bond acceptors (Lipinski definition) is 6. The fourth-order valence-corrected chi connectivity index (χ4v) is 2.63. The lowest BCUT2D eigenvalue weighted by molar-refractivity contribution is 0.0547. The minimum absolute atomic E-state index is 0.170. The molecule has 0 N–H and O–H groups in total. The van der Waals surface area contributed by atoms with Crippen molar-refractivity contribution in [3.63, 3.8) is 0 Å². The third kappa shape index (κ3) is 4.15. The number of benzene rings is 1. The van der Waals surface area contributed by atoms with Crippen LogP contribution in [0.3, 0.4) is 0 Å². The van der Waals surface area contributed by atoms with Crippen molar-refractivity contribution in [3.8, 4) is 0 Å². The summed E-state index contributed by atoms with van der Waals surface area (Å²) < 4.78 is 10.0. The molecule has 0 spiro atoms. The number of nitrogens with zero attached hydrogens (tertiary/aromatic N) is 4. The minimum atomic E-state index is -0.399. The Labute approximate surface area is 151 Å². The number of amides is 2. The summed E-state index contributed by atoms with van der Waals surface area (Å²) in [4.78, 5) is 36.2. The molecule has 0 unspecified atom stereocenters. The van der Waals surface area contributed by atoms with E-state index < -0.39 is 5.97 Å². The number of carbonyl (C=O) groups is 2. The Morgan fingerprint density at radius 3 is 2.42 bits per heavy atom. The van der Waals surface area contributed by atoms with Gasteiger partial charge in [-0.25, -0.2) is 19.6 Å². The van der Waals surface area contributed by atoms with Gasteiger partial charge < -0.3 is 14.4 Å². The Morgan fingerprint density at radius 2 is 1.81 bits per heavy atom. The summed E-state index contributed by atoms with van der Waals surface area (Å²) >= 11 is 0. The molecule has 1 aromatic carbocycles. The Hall–Kier alpha value is -3.00. The van der Waals surface area contributed by atoms with Crippen LogP contribution >= 0.6 is 0 Å². The summed E-state index contributed by atoms with van der Waals surface area (Å²) in [6, 6.07) is 8.45. The third-order valence-corrected chi connectivity index (χ3v) is 4.02. The highest BCUT2D eigenvalue weighted by Gasteiger charge is 2.26. The molecule has 1 aromatic heterocycles. The quantitative estimate of drug-likeness (QED) is 0.776. The second-order valence-electron chi connectivity index (χ2n) is 5.71. The molecule has 2 aromatic rings. The second-order valence-corrected chi connectivity index (χ2v) is 5.71. The standard InChI is InChI=1S/C18H20N4O4/c1-25-16(23)15-5-3-14(4-6-15)13-22(17-19-7-2-8-20-17)18(24)21-9-11-26-12-10-21/h2-8H,9-13H2,1H3. The van der Waals surface area contributed by atoms with Crippen LogP contribution in [0.1, 0.15) is 15.9 Å². The van der Waals surface area contributed by atoms with Gasteiger partial charge in [-0.05, 0) is 23.8 Å². The number of anilines is 1. The summed E-state index contributed by atoms with van der Waals surface area (Å²) in [7, 11) is 1.34. The van der Waals surface area contributed by atoms with E-state index in [4.69, 9.17) is 9.47 Å².